The molecule has 1 amide bonds. The smallest absolute Gasteiger partial charge is 0.255 e. The number of aromatic amines is 1. The molecule has 2 N–H and O–H groups in total. The van der Waals surface area contributed by atoms with E-state index in [4.69, 9.17) is 28.3 Å². The van der Waals surface area contributed by atoms with Gasteiger partial charge in [-0.1, -0.05) is 29.3 Å². The van der Waals surface area contributed by atoms with Crippen LogP contribution >= 0.6 is 23.2 Å². The fourth-order valence-electron chi connectivity index (χ4n) is 2.69. The molecular weight excluding hydrogens is 375 g/mol. The van der Waals surface area contributed by atoms with E-state index in [1.165, 1.54) is 6.20 Å². The summed E-state index contributed by atoms with van der Waals surface area (Å²) in [6, 6.07) is 7.06. The summed E-state index contributed by atoms with van der Waals surface area (Å²) < 4.78 is 0. The van der Waals surface area contributed by atoms with Crippen molar-refractivity contribution in [2.75, 3.05) is 13.2 Å². The second-order valence-corrected chi connectivity index (χ2v) is 6.81. The van der Waals surface area contributed by atoms with E-state index in [1.807, 2.05) is 13.0 Å². The zero-order valence-corrected chi connectivity index (χ0v) is 15.7. The van der Waals surface area contributed by atoms with Crippen LogP contribution in [0.1, 0.15) is 28.0 Å². The number of aliphatic hydroxyl groups is 1. The predicted octanol–water partition coefficient (Wildman–Crippen LogP) is 3.60. The molecule has 6 nitrogen and oxygen atoms in total. The molecule has 0 bridgehead atoms. The van der Waals surface area contributed by atoms with Crippen molar-refractivity contribution in [1.82, 2.24) is 20.1 Å². The van der Waals surface area contributed by atoms with Gasteiger partial charge in [-0.15, -0.1) is 0 Å². The number of benzene rings is 1. The van der Waals surface area contributed by atoms with E-state index in [-0.39, 0.29) is 12.5 Å². The SMILES string of the molecule is Cc1[nH]nc2ncc(C(=O)N(CCCO)Cc3ccc(Cl)c(Cl)c3)cc12. The molecule has 0 saturated carbocycles. The first kappa shape index (κ1) is 18.6. The lowest BCUT2D eigenvalue weighted by Crippen LogP contribution is -2.32. The first-order valence-electron chi connectivity index (χ1n) is 8.14. The van der Waals surface area contributed by atoms with Gasteiger partial charge in [-0.25, -0.2) is 4.98 Å². The number of aliphatic hydroxyl groups excluding tert-OH is 1. The van der Waals surface area contributed by atoms with Crippen LogP contribution in [0.3, 0.4) is 0 Å². The summed E-state index contributed by atoms with van der Waals surface area (Å²) in [6.07, 6.45) is 2.00. The minimum Gasteiger partial charge on any atom is -0.396 e. The summed E-state index contributed by atoms with van der Waals surface area (Å²) in [5.41, 5.74) is 2.76. The van der Waals surface area contributed by atoms with Gasteiger partial charge >= 0.3 is 0 Å². The fraction of sp³-hybridized carbons (Fsp3) is 0.278. The Morgan fingerprint density at radius 1 is 1.27 bits per heavy atom. The first-order valence-corrected chi connectivity index (χ1v) is 8.90. The van der Waals surface area contributed by atoms with Crippen LogP contribution in [0.4, 0.5) is 0 Å². The summed E-state index contributed by atoms with van der Waals surface area (Å²) in [5, 5.41) is 17.8. The molecule has 3 aromatic rings. The summed E-state index contributed by atoms with van der Waals surface area (Å²) in [6.45, 7) is 2.66. The Hall–Kier alpha value is -2.15. The molecule has 0 saturated heterocycles. The van der Waals surface area contributed by atoms with Gasteiger partial charge in [0, 0.05) is 37.0 Å². The van der Waals surface area contributed by atoms with Crippen LogP contribution in [0.15, 0.2) is 30.5 Å². The molecule has 0 aliphatic heterocycles. The molecule has 26 heavy (non-hydrogen) atoms. The van der Waals surface area contributed by atoms with Gasteiger partial charge in [0.1, 0.15) is 0 Å². The highest BCUT2D eigenvalue weighted by Crippen LogP contribution is 2.24. The van der Waals surface area contributed by atoms with E-state index in [2.05, 4.69) is 15.2 Å². The number of fused-ring (bicyclic) bond motifs is 1. The van der Waals surface area contributed by atoms with Gasteiger partial charge in [0.15, 0.2) is 5.65 Å². The van der Waals surface area contributed by atoms with Crippen molar-refractivity contribution < 1.29 is 9.90 Å². The summed E-state index contributed by atoms with van der Waals surface area (Å²) in [4.78, 5) is 18.9. The van der Waals surface area contributed by atoms with Crippen molar-refractivity contribution in [2.45, 2.75) is 19.9 Å². The fourth-order valence-corrected chi connectivity index (χ4v) is 3.01. The Morgan fingerprint density at radius 3 is 2.81 bits per heavy atom. The maximum atomic E-state index is 13.0. The van der Waals surface area contributed by atoms with Gasteiger partial charge in [0.25, 0.3) is 5.91 Å². The maximum Gasteiger partial charge on any atom is 0.255 e. The lowest BCUT2D eigenvalue weighted by Gasteiger charge is -2.23. The highest BCUT2D eigenvalue weighted by Gasteiger charge is 2.18. The van der Waals surface area contributed by atoms with E-state index in [9.17, 15) is 4.79 Å². The van der Waals surface area contributed by atoms with Gasteiger partial charge in [-0.3, -0.25) is 9.89 Å². The number of halogens is 2. The number of hydrogen-bond donors (Lipinski definition) is 2. The van der Waals surface area contributed by atoms with Crippen molar-refractivity contribution in [2.24, 2.45) is 0 Å². The number of pyridine rings is 1. The Morgan fingerprint density at radius 2 is 2.08 bits per heavy atom. The van der Waals surface area contributed by atoms with Crippen molar-refractivity contribution >= 4 is 40.1 Å². The van der Waals surface area contributed by atoms with E-state index in [1.54, 1.807) is 23.1 Å². The number of carbonyl (C=O) groups excluding carboxylic acids is 1. The number of H-pyrrole nitrogens is 1. The third kappa shape index (κ3) is 3.98. The number of aryl methyl sites for hydroxylation is 1. The number of hydrogen-bond acceptors (Lipinski definition) is 4. The lowest BCUT2D eigenvalue weighted by atomic mass is 10.1. The Bertz CT molecular complexity index is 942. The first-order chi connectivity index (χ1) is 12.5. The number of carbonyl (C=O) groups is 1. The van der Waals surface area contributed by atoms with Crippen molar-refractivity contribution in [3.05, 3.63) is 57.3 Å². The molecule has 8 heteroatoms. The minimum atomic E-state index is -0.167. The van der Waals surface area contributed by atoms with Crippen molar-refractivity contribution in [3.8, 4) is 0 Å². The van der Waals surface area contributed by atoms with E-state index in [0.29, 0.717) is 40.8 Å². The second-order valence-electron chi connectivity index (χ2n) is 6.00. The zero-order chi connectivity index (χ0) is 18.7. The molecule has 0 aliphatic carbocycles. The minimum absolute atomic E-state index is 0.00325. The molecule has 3 rings (SSSR count). The molecule has 0 fully saturated rings. The van der Waals surface area contributed by atoms with Crippen LogP contribution in [-0.2, 0) is 6.54 Å². The van der Waals surface area contributed by atoms with Gasteiger partial charge in [0.2, 0.25) is 0 Å². The van der Waals surface area contributed by atoms with Crippen LogP contribution in [0.2, 0.25) is 10.0 Å². The monoisotopic (exact) mass is 392 g/mol. The highest BCUT2D eigenvalue weighted by atomic mass is 35.5. The standard InChI is InChI=1S/C18H18Cl2N4O2/c1-11-14-8-13(9-21-17(14)23-22-11)18(26)24(5-2-6-25)10-12-3-4-15(19)16(20)7-12/h3-4,7-9,25H,2,5-6,10H2,1H3,(H,21,22,23). The van der Waals surface area contributed by atoms with Crippen molar-refractivity contribution in [1.29, 1.82) is 0 Å². The maximum absolute atomic E-state index is 13.0. The molecule has 2 heterocycles. The third-order valence-electron chi connectivity index (χ3n) is 4.08. The van der Waals surface area contributed by atoms with Crippen LogP contribution in [-0.4, -0.2) is 44.2 Å². The van der Waals surface area contributed by atoms with Crippen LogP contribution < -0.4 is 0 Å². The van der Waals surface area contributed by atoms with E-state index < -0.39 is 0 Å². The molecule has 0 unspecified atom stereocenters. The topological polar surface area (TPSA) is 82.1 Å². The third-order valence-corrected chi connectivity index (χ3v) is 4.82. The number of nitrogens with one attached hydrogen (secondary N) is 1. The second kappa shape index (κ2) is 8.03. The number of aromatic nitrogens is 3. The number of nitrogens with zero attached hydrogens (tertiary/aromatic N) is 3. The number of amides is 1. The van der Waals surface area contributed by atoms with Crippen LogP contribution in [0.5, 0.6) is 0 Å². The Labute approximate surface area is 160 Å². The average molecular weight is 393 g/mol. The molecule has 0 atom stereocenters. The number of rotatable bonds is 6. The largest absolute Gasteiger partial charge is 0.396 e. The molecule has 136 valence electrons. The van der Waals surface area contributed by atoms with Gasteiger partial charge < -0.3 is 10.0 Å². The van der Waals surface area contributed by atoms with E-state index in [0.717, 1.165) is 16.6 Å². The van der Waals surface area contributed by atoms with E-state index >= 15 is 0 Å². The summed E-state index contributed by atoms with van der Waals surface area (Å²) >= 11 is 12.0. The normalized spacial score (nSPS) is 11.1. The zero-order valence-electron chi connectivity index (χ0n) is 14.2. The van der Waals surface area contributed by atoms with Gasteiger partial charge in [0.05, 0.1) is 15.6 Å². The molecule has 2 aromatic heterocycles. The summed E-state index contributed by atoms with van der Waals surface area (Å²) in [5.74, 6) is -0.167. The predicted molar refractivity (Wildman–Crippen MR) is 102 cm³/mol. The summed E-state index contributed by atoms with van der Waals surface area (Å²) in [7, 11) is 0. The molecule has 0 radical (unpaired) electrons. The quantitative estimate of drug-likeness (QED) is 0.671. The highest BCUT2D eigenvalue weighted by molar-refractivity contribution is 6.42. The molecule has 1 aromatic carbocycles. The Kier molecular flexibility index (Phi) is 5.76. The lowest BCUT2D eigenvalue weighted by molar-refractivity contribution is 0.0732. The molecule has 0 spiro atoms. The van der Waals surface area contributed by atoms with Crippen LogP contribution in [0.25, 0.3) is 11.0 Å². The average Bonchev–Trinajstić information content (AvgIpc) is 3.01. The molecular formula is C18H18Cl2N4O2. The van der Waals surface area contributed by atoms with Gasteiger partial charge in [-0.05, 0) is 37.1 Å². The van der Waals surface area contributed by atoms with Crippen LogP contribution in [0, 0.1) is 6.92 Å². The van der Waals surface area contributed by atoms with Crippen molar-refractivity contribution in [3.63, 3.8) is 0 Å². The molecule has 0 aliphatic rings. The van der Waals surface area contributed by atoms with Gasteiger partial charge in [-0.2, -0.15) is 5.10 Å². The Balaban J connectivity index is 1.88.